The van der Waals surface area contributed by atoms with Crippen molar-refractivity contribution in [2.24, 2.45) is 7.05 Å². The highest BCUT2D eigenvalue weighted by Gasteiger charge is 2.59. The van der Waals surface area contributed by atoms with Crippen LogP contribution in [0.3, 0.4) is 0 Å². The number of nitrogen functional groups attached to an aromatic ring is 2. The highest BCUT2D eigenvalue weighted by atomic mass is 79.9. The van der Waals surface area contributed by atoms with E-state index in [-0.39, 0.29) is 67.0 Å². The van der Waals surface area contributed by atoms with Gasteiger partial charge in [-0.05, 0) is 109 Å². The van der Waals surface area contributed by atoms with Crippen molar-refractivity contribution in [3.63, 3.8) is 0 Å². The van der Waals surface area contributed by atoms with Crippen molar-refractivity contribution < 1.29 is 67.3 Å². The molecule has 1 saturated carbocycles. The number of ketones is 2. The van der Waals surface area contributed by atoms with Crippen LogP contribution < -0.4 is 41.9 Å². The quantitative estimate of drug-likeness (QED) is 0.0149. The average Bonchev–Trinajstić information content (AvgIpc) is 1.57. The second kappa shape index (κ2) is 43.6. The SMILES string of the molecule is C[Si](C)(C)CCOCN1C(=O)C2(CCC(=O)C2)c2cccnc21.C[Si](C)(C)CCOCN1C(=O)C2(Cc3cc(N)cnc3C2)c2cccnc21.C[Si](C)(C)CCOCN1C(=O)C2(Cc3cc([N+](=O)[O-])cnc3C2)c2cccnc21.C[Si](C)(C)CCOCN1C(=O)Cc2cccnc21.Cn1cc([N+](=O)[O-])cc([N+](=O)[O-])c1=O.Nc1cnc2c(c1)CC1(C2)C(=O)Nc2ncccc21.O=C(CBr)CCBr. The normalized spacial score (nSPS) is 19.1. The van der Waals surface area contributed by atoms with Crippen LogP contribution in [-0.2, 0) is 126 Å². The Morgan fingerprint density at radius 2 is 0.854 bits per heavy atom. The fourth-order valence-electron chi connectivity index (χ4n) is 17.5. The van der Waals surface area contributed by atoms with Crippen molar-refractivity contribution in [2.45, 2.75) is 195 Å². The number of nitrogens with one attached hydrogen (secondary N) is 1. The van der Waals surface area contributed by atoms with Crippen molar-refractivity contribution in [1.29, 1.82) is 0 Å². The number of aromatic nitrogens is 9. The molecular formula is C94H117Br2N19O18Si4. The van der Waals surface area contributed by atoms with Gasteiger partial charge in [-0.2, -0.15) is 0 Å². The van der Waals surface area contributed by atoms with Crippen LogP contribution in [0.15, 0.2) is 145 Å². The fourth-order valence-corrected chi connectivity index (χ4v) is 21.3. The van der Waals surface area contributed by atoms with E-state index in [0.29, 0.717) is 137 Å². The number of nitrogens with zero attached hydrogens (tertiary/aromatic N) is 16. The van der Waals surface area contributed by atoms with Crippen LogP contribution in [0.25, 0.3) is 0 Å². The molecule has 4 unspecified atom stereocenters. The minimum atomic E-state index is -1.22. The maximum absolute atomic E-state index is 13.5. The minimum absolute atomic E-state index is 0.0118. The van der Waals surface area contributed by atoms with Crippen molar-refractivity contribution >= 4 is 163 Å². The molecule has 726 valence electrons. The number of Topliss-reactive ketones (excluding diaryl/α,β-unsaturated/α-hetero) is 2. The fraction of sp³-hybridized carbons (Fsp3) is 0.447. The Morgan fingerprint density at radius 1 is 0.460 bits per heavy atom. The summed E-state index contributed by atoms with van der Waals surface area (Å²) in [5.41, 5.74) is 18.2. The number of hydrogen-bond acceptors (Lipinski definition) is 28. The number of nitrogens with two attached hydrogens (primary N) is 2. The Kier molecular flexibility index (Phi) is 33.1. The molecule has 9 aliphatic rings. The Bertz CT molecular complexity index is 6160. The lowest BCUT2D eigenvalue weighted by atomic mass is 9.79. The zero-order chi connectivity index (χ0) is 99.5. The molecule has 1 fully saturated rings. The molecule has 43 heteroatoms. The Labute approximate surface area is 814 Å². The number of hydrogen-bond donors (Lipinski definition) is 3. The predicted octanol–water partition coefficient (Wildman–Crippen LogP) is 13.8. The summed E-state index contributed by atoms with van der Waals surface area (Å²) in [6, 6.07) is 29.4. The number of alkyl halides is 2. The number of carbonyl (C=O) groups is 7. The molecule has 37 nitrogen and oxygen atoms in total. The number of fused-ring (bicyclic) bond motifs is 12. The molecule has 0 radical (unpaired) electrons. The molecule has 5 amide bonds. The Morgan fingerprint density at radius 3 is 1.27 bits per heavy atom. The average molecular weight is 2070 g/mol. The number of amides is 5. The number of rotatable bonds is 26. The summed E-state index contributed by atoms with van der Waals surface area (Å²) < 4.78 is 23.9. The zero-order valence-corrected chi connectivity index (χ0v) is 86.5. The van der Waals surface area contributed by atoms with E-state index in [1.54, 1.807) is 63.0 Å². The molecule has 0 aromatic carbocycles. The van der Waals surface area contributed by atoms with Gasteiger partial charge in [-0.15, -0.1) is 0 Å². The van der Waals surface area contributed by atoms with E-state index in [1.165, 1.54) is 19.3 Å². The predicted molar refractivity (Wildman–Crippen MR) is 538 cm³/mol. The van der Waals surface area contributed by atoms with Crippen LogP contribution in [-0.4, -0.2) is 197 Å². The molecule has 137 heavy (non-hydrogen) atoms. The minimum Gasteiger partial charge on any atom is -0.397 e. The van der Waals surface area contributed by atoms with Crippen LogP contribution in [0.2, 0.25) is 103 Å². The molecule has 14 heterocycles. The van der Waals surface area contributed by atoms with Crippen LogP contribution >= 0.6 is 31.9 Å². The summed E-state index contributed by atoms with van der Waals surface area (Å²) in [6.07, 6.45) is 19.7. The van der Waals surface area contributed by atoms with E-state index in [0.717, 1.165) is 120 Å². The van der Waals surface area contributed by atoms with Gasteiger partial charge in [0.25, 0.3) is 11.4 Å². The van der Waals surface area contributed by atoms with Crippen molar-refractivity contribution in [3.8, 4) is 0 Å². The van der Waals surface area contributed by atoms with E-state index in [9.17, 15) is 68.7 Å². The first-order chi connectivity index (χ1) is 64.7. The first-order valence-corrected chi connectivity index (χ1v) is 62.2. The lowest BCUT2D eigenvalue weighted by molar-refractivity contribution is -0.395. The monoisotopic (exact) mass is 2070 g/mol. The summed E-state index contributed by atoms with van der Waals surface area (Å²) in [4.78, 5) is 169. The molecule has 4 atom stereocenters. The number of ether oxygens (including phenoxy) is 4. The van der Waals surface area contributed by atoms with Crippen LogP contribution in [0, 0.1) is 30.3 Å². The number of aryl methyl sites for hydroxylation is 1. The molecule has 5 aliphatic heterocycles. The molecule has 4 aliphatic carbocycles. The third-order valence-corrected chi connectivity index (χ3v) is 32.8. The van der Waals surface area contributed by atoms with Crippen LogP contribution in [0.1, 0.15) is 87.3 Å². The summed E-state index contributed by atoms with van der Waals surface area (Å²) in [5, 5.41) is 35.9. The first kappa shape index (κ1) is 104. The van der Waals surface area contributed by atoms with E-state index >= 15 is 0 Å². The molecule has 9 aromatic heterocycles. The first-order valence-electron chi connectivity index (χ1n) is 45.1. The van der Waals surface area contributed by atoms with Gasteiger partial charge in [0, 0.05) is 192 Å². The zero-order valence-electron chi connectivity index (χ0n) is 79.4. The summed E-state index contributed by atoms with van der Waals surface area (Å²) >= 11 is 6.19. The van der Waals surface area contributed by atoms with Gasteiger partial charge in [-0.1, -0.05) is 141 Å². The van der Waals surface area contributed by atoms with Gasteiger partial charge in [-0.25, -0.2) is 24.9 Å². The second-order valence-electron chi connectivity index (χ2n) is 40.1. The molecule has 0 bridgehead atoms. The number of halogens is 2. The molecule has 9 aromatic rings. The standard InChI is InChI=1S/C20H24N4O4Si.C20H26N4O2Si.C17H24N2O3Si.C14H12N4O.C13H20N2O2Si.C6H5N3O5.C4H6Br2O/c1-29(2,3)8-7-28-13-23-18-16(5-4-6-21-18)20(19(23)25)10-14-9-15(24(26)27)12-22-17(14)11-20;1-27(2,3)8-7-26-13-24-18-16(5-4-6-22-18)20(19(24)25)10-14-9-15(21)12-23-17(14)11-20;1-23(2,3)10-9-22-12-19-15-14(5-4-8-18-15)17(16(19)21)7-6-13(20)11-17;15-9-4-8-5-14(6-11(8)17-7-9)10-2-1-3-16-12(10)18-13(14)19;1-18(2,3)8-7-17-10-15-12(16)9-11-5-4-6-14-13(11)15;1-7-3-4(8(11)12)2-5(6(7)10)9(13)14;5-2-1-4(7)3-6/h4-6,9,12H,7-8,10-11,13H2,1-3H3;4-6,9,12H,7-8,10-11,13,21H2,1-3H3;4-5,8H,6-7,9-12H2,1-3H3;1-4,7H,5-6,15H2,(H,16,18,19);4-6H,7-10H2,1-3H3;2-3H,1H3;1-3H2. The summed E-state index contributed by atoms with van der Waals surface area (Å²) in [5.74, 6) is 3.90. The topological polar surface area (TPSA) is 488 Å². The molecule has 0 saturated heterocycles. The largest absolute Gasteiger partial charge is 0.397 e. The van der Waals surface area contributed by atoms with Gasteiger partial charge in [0.15, 0.2) is 0 Å². The highest BCUT2D eigenvalue weighted by Crippen LogP contribution is 2.53. The Hall–Kier alpha value is -11.7. The van der Waals surface area contributed by atoms with E-state index < -0.39 is 85.7 Å². The van der Waals surface area contributed by atoms with E-state index in [4.69, 9.17) is 30.4 Å². The molecular weight excluding hydrogens is 1960 g/mol. The van der Waals surface area contributed by atoms with Crippen molar-refractivity contribution in [3.05, 3.63) is 243 Å². The molecule has 5 N–H and O–H groups in total. The lowest BCUT2D eigenvalue weighted by Gasteiger charge is -2.23. The van der Waals surface area contributed by atoms with Gasteiger partial charge >= 0.3 is 11.2 Å². The Balaban J connectivity index is 0.000000147. The lowest BCUT2D eigenvalue weighted by Crippen LogP contribution is -2.42. The number of nitro groups is 3. The molecule has 18 rings (SSSR count). The van der Waals surface area contributed by atoms with Crippen LogP contribution in [0.5, 0.6) is 0 Å². The number of pyridine rings is 9. The van der Waals surface area contributed by atoms with Gasteiger partial charge < -0.3 is 40.3 Å². The summed E-state index contributed by atoms with van der Waals surface area (Å²) in [6.45, 7) is 31.3. The third-order valence-electron chi connectivity index (χ3n) is 25.0. The number of anilines is 7. The maximum atomic E-state index is 13.5. The second-order valence-corrected chi connectivity index (χ2v) is 63.9. The number of carbonyl (C=O) groups excluding carboxylic acids is 7. The van der Waals surface area contributed by atoms with Crippen molar-refractivity contribution in [2.75, 3.05) is 100 Å². The van der Waals surface area contributed by atoms with E-state index in [1.807, 2.05) is 72.8 Å². The van der Waals surface area contributed by atoms with Gasteiger partial charge in [0.2, 0.25) is 29.5 Å². The summed E-state index contributed by atoms with van der Waals surface area (Å²) in [7, 11) is -3.40. The highest BCUT2D eigenvalue weighted by molar-refractivity contribution is 9.09. The van der Waals surface area contributed by atoms with E-state index in [2.05, 4.69) is 156 Å². The van der Waals surface area contributed by atoms with Crippen LogP contribution in [0.4, 0.5) is 57.5 Å². The maximum Gasteiger partial charge on any atom is 0.340 e. The third kappa shape index (κ3) is 24.4. The molecule has 4 spiro atoms. The van der Waals surface area contributed by atoms with Gasteiger partial charge in [0.1, 0.15) is 79.8 Å². The van der Waals surface area contributed by atoms with Gasteiger partial charge in [-0.3, -0.25) is 103 Å². The van der Waals surface area contributed by atoms with Crippen molar-refractivity contribution in [1.82, 2.24) is 44.4 Å². The van der Waals surface area contributed by atoms with Gasteiger partial charge in [0.05, 0.1) is 78.1 Å². The smallest absolute Gasteiger partial charge is 0.340 e.